The zero-order valence-corrected chi connectivity index (χ0v) is 10.6. The molecule has 1 heterocycles. The van der Waals surface area contributed by atoms with Crippen LogP contribution < -0.4 is 10.2 Å². The van der Waals surface area contributed by atoms with Gasteiger partial charge in [0.1, 0.15) is 0 Å². The molecule has 1 N–H and O–H groups in total. The van der Waals surface area contributed by atoms with E-state index in [0.29, 0.717) is 0 Å². The van der Waals surface area contributed by atoms with E-state index in [4.69, 9.17) is 4.74 Å². The lowest BCUT2D eigenvalue weighted by atomic mass is 10.1. The van der Waals surface area contributed by atoms with Gasteiger partial charge in [-0.3, -0.25) is 0 Å². The molecule has 1 aromatic rings. The predicted molar refractivity (Wildman–Crippen MR) is 71.5 cm³/mol. The summed E-state index contributed by atoms with van der Waals surface area (Å²) in [6.07, 6.45) is 1.21. The highest BCUT2D eigenvalue weighted by Crippen LogP contribution is 2.11. The number of benzene rings is 1. The SMILES string of the molecule is CN(CCNCC1CCOC1)c1ccccc1. The fraction of sp³-hybridized carbons (Fsp3) is 0.571. The molecule has 1 aromatic carbocycles. The molecule has 1 fully saturated rings. The van der Waals surface area contributed by atoms with Crippen LogP contribution in [0.15, 0.2) is 30.3 Å². The van der Waals surface area contributed by atoms with Crippen LogP contribution in [0.5, 0.6) is 0 Å². The molecule has 1 atom stereocenters. The van der Waals surface area contributed by atoms with Crippen LogP contribution in [-0.4, -0.2) is 39.9 Å². The molecule has 1 unspecified atom stereocenters. The van der Waals surface area contributed by atoms with Gasteiger partial charge in [-0.1, -0.05) is 18.2 Å². The maximum atomic E-state index is 5.35. The fourth-order valence-corrected chi connectivity index (χ4v) is 2.11. The van der Waals surface area contributed by atoms with Crippen LogP contribution in [0, 0.1) is 5.92 Å². The predicted octanol–water partition coefficient (Wildman–Crippen LogP) is 1.75. The van der Waals surface area contributed by atoms with Crippen molar-refractivity contribution in [2.75, 3.05) is 44.8 Å². The Morgan fingerprint density at radius 3 is 2.88 bits per heavy atom. The highest BCUT2D eigenvalue weighted by Gasteiger charge is 2.14. The summed E-state index contributed by atoms with van der Waals surface area (Å²) in [7, 11) is 2.13. The maximum Gasteiger partial charge on any atom is 0.0507 e. The van der Waals surface area contributed by atoms with Crippen molar-refractivity contribution in [3.63, 3.8) is 0 Å². The van der Waals surface area contributed by atoms with E-state index < -0.39 is 0 Å². The second kappa shape index (κ2) is 6.62. The van der Waals surface area contributed by atoms with Crippen molar-refractivity contribution < 1.29 is 4.74 Å². The monoisotopic (exact) mass is 234 g/mol. The average molecular weight is 234 g/mol. The van der Waals surface area contributed by atoms with Gasteiger partial charge in [0.15, 0.2) is 0 Å². The Morgan fingerprint density at radius 1 is 1.35 bits per heavy atom. The average Bonchev–Trinajstić information content (AvgIpc) is 2.88. The van der Waals surface area contributed by atoms with Crippen LogP contribution in [0.4, 0.5) is 5.69 Å². The highest BCUT2D eigenvalue weighted by atomic mass is 16.5. The van der Waals surface area contributed by atoms with E-state index in [1.807, 2.05) is 0 Å². The van der Waals surface area contributed by atoms with E-state index in [0.717, 1.165) is 38.8 Å². The summed E-state index contributed by atoms with van der Waals surface area (Å²) in [6.45, 7) is 5.03. The molecule has 0 spiro atoms. The van der Waals surface area contributed by atoms with Gasteiger partial charge < -0.3 is 15.0 Å². The molecule has 1 aliphatic rings. The molecule has 0 amide bonds. The third-order valence-corrected chi connectivity index (χ3v) is 3.28. The van der Waals surface area contributed by atoms with Gasteiger partial charge in [0.05, 0.1) is 6.61 Å². The molecule has 3 nitrogen and oxygen atoms in total. The second-order valence-electron chi connectivity index (χ2n) is 4.69. The van der Waals surface area contributed by atoms with Gasteiger partial charge in [-0.15, -0.1) is 0 Å². The first-order chi connectivity index (χ1) is 8.36. The van der Waals surface area contributed by atoms with Crippen LogP contribution >= 0.6 is 0 Å². The van der Waals surface area contributed by atoms with E-state index in [1.165, 1.54) is 12.1 Å². The molecule has 2 rings (SSSR count). The zero-order valence-electron chi connectivity index (χ0n) is 10.6. The van der Waals surface area contributed by atoms with E-state index in [2.05, 4.69) is 47.6 Å². The molecule has 1 saturated heterocycles. The van der Waals surface area contributed by atoms with Crippen LogP contribution in [0.2, 0.25) is 0 Å². The maximum absolute atomic E-state index is 5.35. The molecule has 0 saturated carbocycles. The third-order valence-electron chi connectivity index (χ3n) is 3.28. The van der Waals surface area contributed by atoms with Crippen molar-refractivity contribution >= 4 is 5.69 Å². The minimum absolute atomic E-state index is 0.719. The number of nitrogens with zero attached hydrogens (tertiary/aromatic N) is 1. The Labute approximate surface area is 104 Å². The highest BCUT2D eigenvalue weighted by molar-refractivity contribution is 5.44. The summed E-state index contributed by atoms with van der Waals surface area (Å²) < 4.78 is 5.35. The third kappa shape index (κ3) is 4.02. The van der Waals surface area contributed by atoms with Gasteiger partial charge in [-0.2, -0.15) is 0 Å². The van der Waals surface area contributed by atoms with Gasteiger partial charge in [0.25, 0.3) is 0 Å². The van der Waals surface area contributed by atoms with Gasteiger partial charge in [0.2, 0.25) is 0 Å². The summed E-state index contributed by atoms with van der Waals surface area (Å²) in [5.74, 6) is 0.719. The number of anilines is 1. The van der Waals surface area contributed by atoms with Gasteiger partial charge in [0, 0.05) is 39.0 Å². The largest absolute Gasteiger partial charge is 0.381 e. The second-order valence-corrected chi connectivity index (χ2v) is 4.69. The Hall–Kier alpha value is -1.06. The molecular weight excluding hydrogens is 212 g/mol. The lowest BCUT2D eigenvalue weighted by Gasteiger charge is -2.20. The molecule has 3 heteroatoms. The summed E-state index contributed by atoms with van der Waals surface area (Å²) in [5.41, 5.74) is 1.28. The summed E-state index contributed by atoms with van der Waals surface area (Å²) in [4.78, 5) is 2.28. The molecule has 17 heavy (non-hydrogen) atoms. The van der Waals surface area contributed by atoms with E-state index in [9.17, 15) is 0 Å². The number of ether oxygens (including phenoxy) is 1. The summed E-state index contributed by atoms with van der Waals surface area (Å²) >= 11 is 0. The lowest BCUT2D eigenvalue weighted by molar-refractivity contribution is 0.185. The molecule has 0 bridgehead atoms. The Balaban J connectivity index is 1.61. The van der Waals surface area contributed by atoms with E-state index in [1.54, 1.807) is 0 Å². The minimum atomic E-state index is 0.719. The molecular formula is C14H22N2O. The Morgan fingerprint density at radius 2 is 2.18 bits per heavy atom. The van der Waals surface area contributed by atoms with Crippen molar-refractivity contribution in [3.8, 4) is 0 Å². The van der Waals surface area contributed by atoms with Gasteiger partial charge in [-0.05, 0) is 24.5 Å². The zero-order chi connectivity index (χ0) is 11.9. The standard InChI is InChI=1S/C14H22N2O/c1-16(14-5-3-2-4-6-14)9-8-15-11-13-7-10-17-12-13/h2-6,13,15H,7-12H2,1H3. The molecule has 94 valence electrons. The number of likely N-dealkylation sites (N-methyl/N-ethyl adjacent to an activating group) is 1. The Kier molecular flexibility index (Phi) is 4.83. The summed E-state index contributed by atoms with van der Waals surface area (Å²) in [6, 6.07) is 10.5. The van der Waals surface area contributed by atoms with E-state index in [-0.39, 0.29) is 0 Å². The first kappa shape index (κ1) is 12.4. The normalized spacial score (nSPS) is 19.5. The quantitative estimate of drug-likeness (QED) is 0.759. The van der Waals surface area contributed by atoms with Crippen LogP contribution in [0.25, 0.3) is 0 Å². The molecule has 0 radical (unpaired) electrons. The van der Waals surface area contributed by atoms with Crippen molar-refractivity contribution in [2.45, 2.75) is 6.42 Å². The number of nitrogens with one attached hydrogen (secondary N) is 1. The van der Waals surface area contributed by atoms with Crippen LogP contribution in [0.1, 0.15) is 6.42 Å². The van der Waals surface area contributed by atoms with Crippen LogP contribution in [0.3, 0.4) is 0 Å². The van der Waals surface area contributed by atoms with Gasteiger partial charge >= 0.3 is 0 Å². The minimum Gasteiger partial charge on any atom is -0.381 e. The number of rotatable bonds is 6. The van der Waals surface area contributed by atoms with Crippen LogP contribution in [-0.2, 0) is 4.74 Å². The van der Waals surface area contributed by atoms with Crippen molar-refractivity contribution in [3.05, 3.63) is 30.3 Å². The first-order valence-electron chi connectivity index (χ1n) is 6.41. The molecule has 0 aromatic heterocycles. The van der Waals surface area contributed by atoms with Crippen molar-refractivity contribution in [1.82, 2.24) is 5.32 Å². The molecule has 1 aliphatic heterocycles. The first-order valence-corrected chi connectivity index (χ1v) is 6.41. The number of hydrogen-bond acceptors (Lipinski definition) is 3. The van der Waals surface area contributed by atoms with E-state index >= 15 is 0 Å². The van der Waals surface area contributed by atoms with Gasteiger partial charge in [-0.25, -0.2) is 0 Å². The molecule has 0 aliphatic carbocycles. The fourth-order valence-electron chi connectivity index (χ4n) is 2.11. The summed E-state index contributed by atoms with van der Waals surface area (Å²) in [5, 5.41) is 3.51. The Bertz CT molecular complexity index is 309. The number of para-hydroxylation sites is 1. The lowest BCUT2D eigenvalue weighted by Crippen LogP contribution is -2.32. The smallest absolute Gasteiger partial charge is 0.0507 e. The van der Waals surface area contributed by atoms with Crippen molar-refractivity contribution in [2.24, 2.45) is 5.92 Å². The topological polar surface area (TPSA) is 24.5 Å². The number of hydrogen-bond donors (Lipinski definition) is 1. The van der Waals surface area contributed by atoms with Crippen molar-refractivity contribution in [1.29, 1.82) is 0 Å².